The average Bonchev–Trinajstić information content (AvgIpc) is 3.21. The molecule has 4 rings (SSSR count). The number of hydrogen-bond acceptors (Lipinski definition) is 4. The monoisotopic (exact) mass is 435 g/mol. The van der Waals surface area contributed by atoms with Crippen molar-refractivity contribution in [3.8, 4) is 5.75 Å². The fourth-order valence-corrected chi connectivity index (χ4v) is 4.48. The van der Waals surface area contributed by atoms with Gasteiger partial charge in [0, 0.05) is 37.2 Å². The van der Waals surface area contributed by atoms with Crippen molar-refractivity contribution in [2.24, 2.45) is 5.92 Å². The first-order valence-corrected chi connectivity index (χ1v) is 11.4. The fraction of sp³-hybridized carbons (Fsp3) is 0.370. The highest BCUT2D eigenvalue weighted by Gasteiger charge is 2.30. The van der Waals surface area contributed by atoms with Gasteiger partial charge in [-0.25, -0.2) is 4.39 Å². The zero-order chi connectivity index (χ0) is 22.3. The number of halogens is 1. The Hall–Kier alpha value is -3.08. The van der Waals surface area contributed by atoms with E-state index in [1.807, 2.05) is 6.07 Å². The summed E-state index contributed by atoms with van der Waals surface area (Å²) in [6, 6.07) is 15.4. The van der Waals surface area contributed by atoms with Crippen LogP contribution in [0, 0.1) is 11.7 Å². The molecule has 1 aliphatic carbocycles. The van der Waals surface area contributed by atoms with Crippen molar-refractivity contribution < 1.29 is 18.7 Å². The molecule has 1 unspecified atom stereocenters. The van der Waals surface area contributed by atoms with E-state index in [9.17, 15) is 9.18 Å². The third-order valence-electron chi connectivity index (χ3n) is 6.04. The minimum Gasteiger partial charge on any atom is -0.493 e. The van der Waals surface area contributed by atoms with Crippen molar-refractivity contribution in [2.75, 3.05) is 19.8 Å². The molecule has 0 spiro atoms. The first-order valence-electron chi connectivity index (χ1n) is 11.4. The van der Waals surface area contributed by atoms with E-state index in [-0.39, 0.29) is 24.1 Å². The largest absolute Gasteiger partial charge is 0.493 e. The topological polar surface area (TPSA) is 38.8 Å². The highest BCUT2D eigenvalue weighted by Crippen LogP contribution is 2.36. The molecule has 0 aromatic heterocycles. The van der Waals surface area contributed by atoms with Crippen LogP contribution in [0.3, 0.4) is 0 Å². The molecule has 2 aromatic carbocycles. The molecule has 1 atom stereocenters. The van der Waals surface area contributed by atoms with E-state index >= 15 is 0 Å². The molecule has 2 aromatic rings. The molecule has 5 heteroatoms. The molecule has 0 bridgehead atoms. The molecule has 32 heavy (non-hydrogen) atoms. The van der Waals surface area contributed by atoms with E-state index in [4.69, 9.17) is 9.47 Å². The van der Waals surface area contributed by atoms with E-state index in [1.54, 1.807) is 19.1 Å². The number of ether oxygens (including phenoxy) is 2. The lowest BCUT2D eigenvalue weighted by atomic mass is 9.93. The average molecular weight is 436 g/mol. The van der Waals surface area contributed by atoms with Crippen molar-refractivity contribution in [1.29, 1.82) is 0 Å². The zero-order valence-electron chi connectivity index (χ0n) is 18.6. The molecule has 1 heterocycles. The minimum atomic E-state index is -0.346. The summed E-state index contributed by atoms with van der Waals surface area (Å²) in [5, 5.41) is 0. The molecule has 0 saturated heterocycles. The van der Waals surface area contributed by atoms with Gasteiger partial charge >= 0.3 is 5.97 Å². The van der Waals surface area contributed by atoms with Gasteiger partial charge in [-0.3, -0.25) is 4.79 Å². The Labute approximate surface area is 189 Å². The van der Waals surface area contributed by atoms with Gasteiger partial charge in [0.05, 0.1) is 13.2 Å². The van der Waals surface area contributed by atoms with Crippen LogP contribution < -0.4 is 4.74 Å². The summed E-state index contributed by atoms with van der Waals surface area (Å²) >= 11 is 0. The second-order valence-electron chi connectivity index (χ2n) is 8.27. The molecule has 1 aliphatic heterocycles. The maximum Gasteiger partial charge on any atom is 0.306 e. The smallest absolute Gasteiger partial charge is 0.306 e. The molecule has 0 saturated carbocycles. The number of hydrogen-bond donors (Lipinski definition) is 0. The van der Waals surface area contributed by atoms with Crippen molar-refractivity contribution >= 4 is 5.97 Å². The van der Waals surface area contributed by atoms with Crippen LogP contribution in [0.1, 0.15) is 37.3 Å². The van der Waals surface area contributed by atoms with E-state index in [2.05, 4.69) is 41.3 Å². The van der Waals surface area contributed by atoms with Crippen molar-refractivity contribution in [3.05, 3.63) is 88.9 Å². The SMILES string of the molecule is CCOC(=O)CCc1ccc(OCC2CC=CC3=C2N(Cc2ccccc2)CC3)cc1F. The Morgan fingerprint density at radius 1 is 1.19 bits per heavy atom. The van der Waals surface area contributed by atoms with Crippen LogP contribution >= 0.6 is 0 Å². The van der Waals surface area contributed by atoms with Crippen molar-refractivity contribution in [3.63, 3.8) is 0 Å². The lowest BCUT2D eigenvalue weighted by Crippen LogP contribution is -2.28. The number of benzene rings is 2. The standard InChI is InChI=1S/C27H30FNO3/c1-2-31-26(30)14-12-21-11-13-24(17-25(21)28)32-19-23-10-6-9-22-15-16-29(27(22)23)18-20-7-4-3-5-8-20/h3-9,11,13,17,23H,2,10,12,14-16,18-19H2,1H3. The normalized spacial score (nSPS) is 17.4. The maximum atomic E-state index is 14.5. The van der Waals surface area contributed by atoms with Crippen LogP contribution in [0.2, 0.25) is 0 Å². The third kappa shape index (κ3) is 5.39. The zero-order valence-corrected chi connectivity index (χ0v) is 18.6. The summed E-state index contributed by atoms with van der Waals surface area (Å²) in [4.78, 5) is 14.0. The van der Waals surface area contributed by atoms with Crippen LogP contribution in [0.25, 0.3) is 0 Å². The third-order valence-corrected chi connectivity index (χ3v) is 6.04. The van der Waals surface area contributed by atoms with Crippen LogP contribution in [0.15, 0.2) is 72.0 Å². The minimum absolute atomic E-state index is 0.174. The van der Waals surface area contributed by atoms with Gasteiger partial charge in [0.15, 0.2) is 0 Å². The quantitative estimate of drug-likeness (QED) is 0.492. The molecule has 0 radical (unpaired) electrons. The fourth-order valence-electron chi connectivity index (χ4n) is 4.48. The van der Waals surface area contributed by atoms with Crippen LogP contribution in [0.4, 0.5) is 4.39 Å². The number of aryl methyl sites for hydroxylation is 1. The Morgan fingerprint density at radius 2 is 2.03 bits per heavy atom. The second-order valence-corrected chi connectivity index (χ2v) is 8.27. The van der Waals surface area contributed by atoms with Crippen molar-refractivity contribution in [2.45, 2.75) is 39.2 Å². The predicted molar refractivity (Wildman–Crippen MR) is 123 cm³/mol. The van der Waals surface area contributed by atoms with Gasteiger partial charge in [-0.1, -0.05) is 48.6 Å². The number of allylic oxidation sites excluding steroid dienone is 2. The van der Waals surface area contributed by atoms with E-state index in [1.165, 1.54) is 22.9 Å². The van der Waals surface area contributed by atoms with Gasteiger partial charge < -0.3 is 14.4 Å². The number of carbonyl (C=O) groups excluding carboxylic acids is 1. The summed E-state index contributed by atoms with van der Waals surface area (Å²) in [5.41, 5.74) is 4.56. The van der Waals surface area contributed by atoms with E-state index in [0.29, 0.717) is 30.9 Å². The Kier molecular flexibility index (Phi) is 7.25. The lowest BCUT2D eigenvalue weighted by molar-refractivity contribution is -0.143. The van der Waals surface area contributed by atoms with Gasteiger partial charge in [0.1, 0.15) is 11.6 Å². The molecular weight excluding hydrogens is 405 g/mol. The molecule has 0 N–H and O–H groups in total. The van der Waals surface area contributed by atoms with Gasteiger partial charge in [0.2, 0.25) is 0 Å². The summed E-state index contributed by atoms with van der Waals surface area (Å²) < 4.78 is 25.4. The van der Waals surface area contributed by atoms with Gasteiger partial charge in [-0.15, -0.1) is 0 Å². The molecule has 0 fully saturated rings. The van der Waals surface area contributed by atoms with E-state index in [0.717, 1.165) is 25.9 Å². The van der Waals surface area contributed by atoms with Gasteiger partial charge in [-0.05, 0) is 49.0 Å². The highest BCUT2D eigenvalue weighted by molar-refractivity contribution is 5.69. The Morgan fingerprint density at radius 3 is 2.81 bits per heavy atom. The molecule has 0 amide bonds. The van der Waals surface area contributed by atoms with Gasteiger partial charge in [0.25, 0.3) is 0 Å². The molecular formula is C27H30FNO3. The first kappa shape index (κ1) is 22.1. The Bertz CT molecular complexity index is 999. The number of esters is 1. The number of carbonyl (C=O) groups is 1. The highest BCUT2D eigenvalue weighted by atomic mass is 19.1. The summed E-state index contributed by atoms with van der Waals surface area (Å²) in [5.74, 6) is 0.125. The summed E-state index contributed by atoms with van der Waals surface area (Å²) in [7, 11) is 0. The number of rotatable bonds is 9. The van der Waals surface area contributed by atoms with Crippen LogP contribution in [0.5, 0.6) is 5.75 Å². The summed E-state index contributed by atoms with van der Waals surface area (Å²) in [6.07, 6.45) is 6.94. The molecule has 4 nitrogen and oxygen atoms in total. The second kappa shape index (κ2) is 10.5. The van der Waals surface area contributed by atoms with Gasteiger partial charge in [-0.2, -0.15) is 0 Å². The summed E-state index contributed by atoms with van der Waals surface area (Å²) in [6.45, 7) is 4.53. The molecule has 168 valence electrons. The lowest BCUT2D eigenvalue weighted by Gasteiger charge is -2.30. The van der Waals surface area contributed by atoms with E-state index < -0.39 is 0 Å². The van der Waals surface area contributed by atoms with Crippen molar-refractivity contribution in [1.82, 2.24) is 4.90 Å². The molecule has 2 aliphatic rings. The van der Waals surface area contributed by atoms with Crippen LogP contribution in [-0.2, 0) is 22.5 Å². The first-order chi connectivity index (χ1) is 15.6. The maximum absolute atomic E-state index is 14.5. The predicted octanol–water partition coefficient (Wildman–Crippen LogP) is 5.44. The Balaban J connectivity index is 1.37. The number of nitrogens with zero attached hydrogens (tertiary/aromatic N) is 1. The van der Waals surface area contributed by atoms with Crippen LogP contribution in [-0.4, -0.2) is 30.6 Å².